The van der Waals surface area contributed by atoms with Gasteiger partial charge in [0.2, 0.25) is 5.92 Å². The molecule has 2 rings (SSSR count). The van der Waals surface area contributed by atoms with Gasteiger partial charge in [-0.15, -0.1) is 0 Å². The molecule has 1 saturated carbocycles. The van der Waals surface area contributed by atoms with Crippen LogP contribution in [0.1, 0.15) is 19.8 Å². The molecular formula is C15H14F2O6. The van der Waals surface area contributed by atoms with Gasteiger partial charge in [-0.25, -0.2) is 0 Å². The highest BCUT2D eigenvalue weighted by Crippen LogP contribution is 2.29. The number of carbonyl (C=O) groups is 3. The van der Waals surface area contributed by atoms with Gasteiger partial charge in [-0.05, 0) is 31.9 Å². The number of halogens is 2. The molecule has 0 saturated heterocycles. The number of Topliss-reactive ketones (excluding diaryl/α,β-unsaturated/α-hetero) is 1. The zero-order valence-corrected chi connectivity index (χ0v) is 12.2. The van der Waals surface area contributed by atoms with Crippen LogP contribution in [0.2, 0.25) is 0 Å². The number of hydrogen-bond acceptors (Lipinski definition) is 6. The van der Waals surface area contributed by atoms with Crippen LogP contribution in [-0.4, -0.2) is 30.4 Å². The molecule has 1 unspecified atom stereocenters. The summed E-state index contributed by atoms with van der Waals surface area (Å²) in [5.74, 6) is -5.41. The maximum Gasteiger partial charge on any atom is 0.387 e. The van der Waals surface area contributed by atoms with Crippen LogP contribution in [0.3, 0.4) is 0 Å². The molecule has 1 aromatic rings. The summed E-state index contributed by atoms with van der Waals surface area (Å²) < 4.78 is 38.6. The second kappa shape index (κ2) is 7.17. The molecule has 8 heteroatoms. The lowest BCUT2D eigenvalue weighted by Crippen LogP contribution is -2.35. The minimum atomic E-state index is -3.11. The van der Waals surface area contributed by atoms with E-state index in [-0.39, 0.29) is 17.6 Å². The molecule has 0 heterocycles. The molecule has 6 nitrogen and oxygen atoms in total. The first-order chi connectivity index (χ1) is 10.9. The summed E-state index contributed by atoms with van der Waals surface area (Å²) in [4.78, 5) is 35.4. The maximum absolute atomic E-state index is 12.3. The van der Waals surface area contributed by atoms with Crippen molar-refractivity contribution >= 4 is 17.7 Å². The molecule has 0 bridgehead atoms. The summed E-state index contributed by atoms with van der Waals surface area (Å²) in [7, 11) is 0. The van der Waals surface area contributed by atoms with E-state index >= 15 is 0 Å². The van der Waals surface area contributed by atoms with Crippen LogP contribution < -0.4 is 9.47 Å². The van der Waals surface area contributed by atoms with Crippen molar-refractivity contribution in [3.05, 3.63) is 24.3 Å². The Labute approximate surface area is 130 Å². The zero-order valence-electron chi connectivity index (χ0n) is 12.2. The van der Waals surface area contributed by atoms with Crippen LogP contribution in [0.4, 0.5) is 8.78 Å². The van der Waals surface area contributed by atoms with Crippen molar-refractivity contribution < 1.29 is 37.4 Å². The van der Waals surface area contributed by atoms with Gasteiger partial charge in [-0.3, -0.25) is 14.4 Å². The summed E-state index contributed by atoms with van der Waals surface area (Å²) in [6.45, 7) is -2.07. The number of ketones is 1. The van der Waals surface area contributed by atoms with E-state index in [2.05, 4.69) is 4.74 Å². The smallest absolute Gasteiger partial charge is 0.387 e. The molecule has 124 valence electrons. The Morgan fingerprint density at radius 1 is 1.09 bits per heavy atom. The van der Waals surface area contributed by atoms with Crippen LogP contribution >= 0.6 is 0 Å². The average molecular weight is 328 g/mol. The lowest BCUT2D eigenvalue weighted by atomic mass is 10.1. The van der Waals surface area contributed by atoms with E-state index in [0.717, 1.165) is 6.92 Å². The maximum atomic E-state index is 12.3. The van der Waals surface area contributed by atoms with Crippen molar-refractivity contribution in [3.8, 4) is 11.5 Å². The second-order valence-corrected chi connectivity index (χ2v) is 4.93. The first-order valence-electron chi connectivity index (χ1n) is 6.85. The van der Waals surface area contributed by atoms with E-state index in [9.17, 15) is 23.2 Å². The molecule has 1 aliphatic rings. The first kappa shape index (κ1) is 16.9. The van der Waals surface area contributed by atoms with Crippen molar-refractivity contribution in [1.29, 1.82) is 0 Å². The third kappa shape index (κ3) is 4.73. The largest absolute Gasteiger partial charge is 0.461 e. The highest BCUT2D eigenvalue weighted by molar-refractivity contribution is 6.14. The van der Waals surface area contributed by atoms with Crippen LogP contribution in [0.25, 0.3) is 0 Å². The van der Waals surface area contributed by atoms with Crippen LogP contribution in [0.5, 0.6) is 11.5 Å². The van der Waals surface area contributed by atoms with Crippen molar-refractivity contribution in [2.45, 2.75) is 32.5 Å². The summed E-state index contributed by atoms with van der Waals surface area (Å²) in [6, 6.07) is 5.20. The molecule has 1 aromatic carbocycles. The van der Waals surface area contributed by atoms with Crippen molar-refractivity contribution in [2.75, 3.05) is 0 Å². The Morgan fingerprint density at radius 3 is 2.22 bits per heavy atom. The van der Waals surface area contributed by atoms with Crippen molar-refractivity contribution in [1.82, 2.24) is 0 Å². The Hall–Kier alpha value is -2.51. The Bertz CT molecular complexity index is 612. The SMILES string of the molecule is CC(=O)C(C(=O)Oc1ccccc1OC(F)F)C(=O)OC1CC1. The standard InChI is InChI=1S/C15H14F2O6/c1-8(18)12(13(19)21-9-6-7-9)14(20)22-10-4-2-3-5-11(10)23-15(16)17/h2-5,9,12,15H,6-7H2,1H3. The molecule has 0 aliphatic heterocycles. The van der Waals surface area contributed by atoms with E-state index in [1.165, 1.54) is 24.3 Å². The number of alkyl halides is 2. The number of para-hydroxylation sites is 2. The quantitative estimate of drug-likeness (QED) is 0.433. The Balaban J connectivity index is 2.12. The highest BCUT2D eigenvalue weighted by Gasteiger charge is 2.38. The number of esters is 2. The van der Waals surface area contributed by atoms with Gasteiger partial charge in [0.25, 0.3) is 0 Å². The molecule has 0 spiro atoms. The fraction of sp³-hybridized carbons (Fsp3) is 0.400. The van der Waals surface area contributed by atoms with Gasteiger partial charge in [0, 0.05) is 0 Å². The Morgan fingerprint density at radius 2 is 1.70 bits per heavy atom. The number of ether oxygens (including phenoxy) is 3. The highest BCUT2D eigenvalue weighted by atomic mass is 19.3. The Kier molecular flexibility index (Phi) is 5.25. The molecule has 1 aliphatic carbocycles. The molecule has 0 aromatic heterocycles. The van der Waals surface area contributed by atoms with Crippen LogP contribution in [-0.2, 0) is 19.1 Å². The second-order valence-electron chi connectivity index (χ2n) is 4.93. The summed E-state index contributed by atoms with van der Waals surface area (Å²) in [5.41, 5.74) is 0. The predicted molar refractivity (Wildman–Crippen MR) is 72.0 cm³/mol. The van der Waals surface area contributed by atoms with Gasteiger partial charge in [0.1, 0.15) is 6.10 Å². The van der Waals surface area contributed by atoms with E-state index in [1.54, 1.807) is 0 Å². The number of carbonyl (C=O) groups excluding carboxylic acids is 3. The summed E-state index contributed by atoms with van der Waals surface area (Å²) >= 11 is 0. The average Bonchev–Trinajstić information content (AvgIpc) is 3.24. The van der Waals surface area contributed by atoms with Gasteiger partial charge in [0.15, 0.2) is 17.3 Å². The first-order valence-corrected chi connectivity index (χ1v) is 6.85. The lowest BCUT2D eigenvalue weighted by Gasteiger charge is -2.14. The van der Waals surface area contributed by atoms with E-state index in [4.69, 9.17) is 9.47 Å². The molecule has 1 fully saturated rings. The lowest BCUT2D eigenvalue weighted by molar-refractivity contribution is -0.160. The van der Waals surface area contributed by atoms with Crippen molar-refractivity contribution in [3.63, 3.8) is 0 Å². The summed E-state index contributed by atoms with van der Waals surface area (Å²) in [6.07, 6.45) is 1.07. The summed E-state index contributed by atoms with van der Waals surface area (Å²) in [5, 5.41) is 0. The van der Waals surface area contributed by atoms with Gasteiger partial charge in [-0.1, -0.05) is 12.1 Å². The topological polar surface area (TPSA) is 78.9 Å². The third-order valence-electron chi connectivity index (χ3n) is 2.96. The monoisotopic (exact) mass is 328 g/mol. The van der Waals surface area contributed by atoms with Gasteiger partial charge >= 0.3 is 18.6 Å². The van der Waals surface area contributed by atoms with E-state index in [1.807, 2.05) is 0 Å². The van der Waals surface area contributed by atoms with Gasteiger partial charge in [-0.2, -0.15) is 8.78 Å². The molecule has 0 amide bonds. The number of rotatable bonds is 7. The molecule has 23 heavy (non-hydrogen) atoms. The fourth-order valence-electron chi connectivity index (χ4n) is 1.74. The van der Waals surface area contributed by atoms with Crippen LogP contribution in [0.15, 0.2) is 24.3 Å². The predicted octanol–water partition coefficient (Wildman–Crippen LogP) is 2.10. The van der Waals surface area contributed by atoms with E-state index in [0.29, 0.717) is 12.8 Å². The molecule has 0 N–H and O–H groups in total. The zero-order chi connectivity index (χ0) is 17.0. The molecule has 0 radical (unpaired) electrons. The molecule has 1 atom stereocenters. The van der Waals surface area contributed by atoms with Crippen LogP contribution in [0, 0.1) is 5.92 Å². The number of hydrogen-bond donors (Lipinski definition) is 0. The van der Waals surface area contributed by atoms with Gasteiger partial charge < -0.3 is 14.2 Å². The number of benzene rings is 1. The molecular weight excluding hydrogens is 314 g/mol. The third-order valence-corrected chi connectivity index (χ3v) is 2.96. The van der Waals surface area contributed by atoms with Crippen molar-refractivity contribution in [2.24, 2.45) is 5.92 Å². The normalized spacial score (nSPS) is 15.0. The fourth-order valence-corrected chi connectivity index (χ4v) is 1.74. The van der Waals surface area contributed by atoms with Gasteiger partial charge in [0.05, 0.1) is 0 Å². The minimum Gasteiger partial charge on any atom is -0.461 e. The van der Waals surface area contributed by atoms with E-state index < -0.39 is 30.3 Å². The minimum absolute atomic E-state index is 0.286.